The average Bonchev–Trinajstić information content (AvgIpc) is 2.72. The molecule has 1 aromatic heterocycles. The van der Waals surface area contributed by atoms with Crippen LogP contribution in [0.25, 0.3) is 0 Å². The number of nitrogens with one attached hydrogen (secondary N) is 1. The number of aromatic nitrogens is 2. The van der Waals surface area contributed by atoms with Gasteiger partial charge in [-0.05, 0) is 63.0 Å². The van der Waals surface area contributed by atoms with Gasteiger partial charge in [-0.15, -0.1) is 0 Å². The second-order valence-electron chi connectivity index (χ2n) is 7.38. The Morgan fingerprint density at radius 1 is 1.13 bits per heavy atom. The zero-order valence-corrected chi connectivity index (χ0v) is 19.4. The van der Waals surface area contributed by atoms with Crippen LogP contribution in [-0.2, 0) is 20.7 Å². The Labute approximate surface area is 183 Å². The maximum Gasteiger partial charge on any atom is 0.306 e. The molecule has 0 bridgehead atoms. The van der Waals surface area contributed by atoms with Crippen LogP contribution in [0.3, 0.4) is 0 Å². The number of carbonyl (C=O) groups excluding carboxylic acids is 2. The van der Waals surface area contributed by atoms with Crippen LogP contribution in [0.4, 0.5) is 5.69 Å². The molecule has 6 nitrogen and oxygen atoms in total. The topological polar surface area (TPSA) is 81.2 Å². The summed E-state index contributed by atoms with van der Waals surface area (Å²) >= 11 is 1.49. The number of esters is 1. The number of hydrogen-bond donors (Lipinski definition) is 1. The molecule has 0 fully saturated rings. The van der Waals surface area contributed by atoms with Gasteiger partial charge < -0.3 is 10.1 Å². The highest BCUT2D eigenvalue weighted by atomic mass is 32.2. The van der Waals surface area contributed by atoms with Crippen LogP contribution in [0.15, 0.2) is 29.4 Å². The van der Waals surface area contributed by atoms with Crippen LogP contribution >= 0.6 is 11.8 Å². The molecule has 0 aliphatic carbocycles. The van der Waals surface area contributed by atoms with Crippen molar-refractivity contribution in [1.82, 2.24) is 9.97 Å². The lowest BCUT2D eigenvalue weighted by molar-refractivity contribution is -0.153. The molecule has 162 valence electrons. The van der Waals surface area contributed by atoms with E-state index in [2.05, 4.69) is 29.1 Å². The first-order valence-corrected chi connectivity index (χ1v) is 11.5. The fourth-order valence-electron chi connectivity index (χ4n) is 3.19. The van der Waals surface area contributed by atoms with Crippen LogP contribution in [-0.4, -0.2) is 34.2 Å². The molecule has 30 heavy (non-hydrogen) atoms. The molecule has 0 radical (unpaired) electrons. The minimum absolute atomic E-state index is 0.171. The van der Waals surface area contributed by atoms with Crippen LogP contribution < -0.4 is 5.32 Å². The van der Waals surface area contributed by atoms with Crippen LogP contribution in [0.1, 0.15) is 62.0 Å². The van der Waals surface area contributed by atoms with Crippen molar-refractivity contribution < 1.29 is 14.3 Å². The normalized spacial score (nSPS) is 12.9. The number of anilines is 1. The molecule has 0 saturated heterocycles. The third-order valence-electron chi connectivity index (χ3n) is 5.20. The molecule has 2 aromatic rings. The predicted molar refractivity (Wildman–Crippen MR) is 121 cm³/mol. The average molecular weight is 430 g/mol. The molecule has 1 N–H and O–H groups in total. The highest BCUT2D eigenvalue weighted by Gasteiger charge is 2.20. The van der Waals surface area contributed by atoms with E-state index in [0.717, 1.165) is 39.8 Å². The summed E-state index contributed by atoms with van der Waals surface area (Å²) in [7, 11) is 0. The van der Waals surface area contributed by atoms with Gasteiger partial charge in [0.15, 0.2) is 11.3 Å². The van der Waals surface area contributed by atoms with E-state index in [1.807, 2.05) is 44.4 Å². The quantitative estimate of drug-likeness (QED) is 0.349. The number of ether oxygens (including phenoxy) is 1. The number of hydrogen-bond acceptors (Lipinski definition) is 6. The number of benzene rings is 1. The fourth-order valence-corrected chi connectivity index (χ4v) is 3.65. The Morgan fingerprint density at radius 3 is 2.37 bits per heavy atom. The highest BCUT2D eigenvalue weighted by Crippen LogP contribution is 2.26. The number of rotatable bonds is 9. The zero-order valence-electron chi connectivity index (χ0n) is 18.6. The van der Waals surface area contributed by atoms with Crippen LogP contribution in [0.2, 0.25) is 0 Å². The van der Waals surface area contributed by atoms with Gasteiger partial charge in [-0.1, -0.05) is 43.8 Å². The number of thioether (sulfide) groups is 1. The molecule has 2 atom stereocenters. The molecule has 0 aliphatic heterocycles. The van der Waals surface area contributed by atoms with Crippen molar-refractivity contribution >= 4 is 29.3 Å². The molecule has 1 heterocycles. The minimum Gasteiger partial charge on any atom is -0.453 e. The first-order chi connectivity index (χ1) is 14.3. The third kappa shape index (κ3) is 6.29. The second-order valence-corrected chi connectivity index (χ2v) is 8.15. The van der Waals surface area contributed by atoms with Crippen LogP contribution in [0.5, 0.6) is 0 Å². The Morgan fingerprint density at radius 2 is 1.77 bits per heavy atom. The first-order valence-electron chi connectivity index (χ1n) is 10.2. The largest absolute Gasteiger partial charge is 0.453 e. The summed E-state index contributed by atoms with van der Waals surface area (Å²) in [5.74, 6) is -0.426. The van der Waals surface area contributed by atoms with Gasteiger partial charge in [0.05, 0.1) is 0 Å². The zero-order chi connectivity index (χ0) is 22.3. The van der Waals surface area contributed by atoms with Crippen LogP contribution in [0, 0.1) is 13.8 Å². The molecule has 1 aromatic carbocycles. The van der Waals surface area contributed by atoms with Gasteiger partial charge in [0.25, 0.3) is 5.91 Å². The van der Waals surface area contributed by atoms with Gasteiger partial charge in [0, 0.05) is 23.5 Å². The molecule has 2 rings (SSSR count). The summed E-state index contributed by atoms with van der Waals surface area (Å²) in [4.78, 5) is 33.7. The van der Waals surface area contributed by atoms with Gasteiger partial charge in [-0.25, -0.2) is 9.97 Å². The molecular formula is C23H31N3O3S. The second kappa shape index (κ2) is 11.1. The van der Waals surface area contributed by atoms with E-state index < -0.39 is 12.1 Å². The highest BCUT2D eigenvalue weighted by molar-refractivity contribution is 7.98. The molecular weight excluding hydrogens is 398 g/mol. The van der Waals surface area contributed by atoms with Gasteiger partial charge >= 0.3 is 5.97 Å². The van der Waals surface area contributed by atoms with E-state index in [-0.39, 0.29) is 12.3 Å². The van der Waals surface area contributed by atoms with E-state index >= 15 is 0 Å². The predicted octanol–water partition coefficient (Wildman–Crippen LogP) is 4.83. The summed E-state index contributed by atoms with van der Waals surface area (Å²) in [5.41, 5.74) is 4.52. The summed E-state index contributed by atoms with van der Waals surface area (Å²) in [6.45, 7) is 9.65. The van der Waals surface area contributed by atoms with Gasteiger partial charge in [0.1, 0.15) is 0 Å². The number of carbonyl (C=O) groups is 2. The molecule has 1 amide bonds. The first kappa shape index (κ1) is 23.9. The Bertz CT molecular complexity index is 878. The minimum atomic E-state index is -0.875. The Kier molecular flexibility index (Phi) is 8.84. The van der Waals surface area contributed by atoms with Gasteiger partial charge in [-0.3, -0.25) is 9.59 Å². The van der Waals surface area contributed by atoms with Crippen molar-refractivity contribution in [3.8, 4) is 0 Å². The lowest BCUT2D eigenvalue weighted by Crippen LogP contribution is -2.30. The molecule has 0 saturated carbocycles. The Hall–Kier alpha value is -2.41. The van der Waals surface area contributed by atoms with Crippen molar-refractivity contribution in [1.29, 1.82) is 0 Å². The summed E-state index contributed by atoms with van der Waals surface area (Å²) in [5, 5.41) is 3.62. The van der Waals surface area contributed by atoms with E-state index in [0.29, 0.717) is 12.3 Å². The summed E-state index contributed by atoms with van der Waals surface area (Å²) < 4.78 is 5.36. The van der Waals surface area contributed by atoms with Crippen molar-refractivity contribution in [2.45, 2.75) is 71.1 Å². The SMILES string of the molecule is CC[C@@H](C)c1ccccc1NC(=O)[C@H](C)OC(=O)CCc1c(C)nc(SC)nc1C. The molecule has 0 unspecified atom stereocenters. The summed E-state index contributed by atoms with van der Waals surface area (Å²) in [6.07, 6.45) is 2.68. The Balaban J connectivity index is 1.94. The van der Waals surface area contributed by atoms with Crippen molar-refractivity contribution in [2.24, 2.45) is 0 Å². The molecule has 0 aliphatic rings. The van der Waals surface area contributed by atoms with Crippen molar-refractivity contribution in [3.63, 3.8) is 0 Å². The molecule has 0 spiro atoms. The van der Waals surface area contributed by atoms with Crippen molar-refractivity contribution in [3.05, 3.63) is 46.8 Å². The van der Waals surface area contributed by atoms with Gasteiger partial charge in [0.2, 0.25) is 0 Å². The number of para-hydroxylation sites is 1. The molecule has 7 heteroatoms. The smallest absolute Gasteiger partial charge is 0.306 e. The summed E-state index contributed by atoms with van der Waals surface area (Å²) in [6, 6.07) is 7.72. The standard InChI is InChI=1S/C23H31N3O3S/c1-7-14(2)18-10-8-9-11-20(18)26-22(28)17(5)29-21(27)13-12-19-15(3)24-23(30-6)25-16(19)4/h8-11,14,17H,7,12-13H2,1-6H3,(H,26,28)/t14-,17+/m1/s1. The maximum absolute atomic E-state index is 12.6. The van der Waals surface area contributed by atoms with E-state index in [4.69, 9.17) is 4.74 Å². The lowest BCUT2D eigenvalue weighted by atomic mass is 9.97. The number of nitrogens with zero attached hydrogens (tertiary/aromatic N) is 2. The van der Waals surface area contributed by atoms with Gasteiger partial charge in [-0.2, -0.15) is 0 Å². The third-order valence-corrected chi connectivity index (χ3v) is 5.75. The van der Waals surface area contributed by atoms with E-state index in [1.165, 1.54) is 11.8 Å². The number of aryl methyl sites for hydroxylation is 2. The van der Waals surface area contributed by atoms with Crippen molar-refractivity contribution in [2.75, 3.05) is 11.6 Å². The fraction of sp³-hybridized carbons (Fsp3) is 0.478. The van der Waals surface area contributed by atoms with E-state index in [9.17, 15) is 9.59 Å². The maximum atomic E-state index is 12.6. The van der Waals surface area contributed by atoms with E-state index in [1.54, 1.807) is 6.92 Å². The number of amides is 1. The lowest BCUT2D eigenvalue weighted by Gasteiger charge is -2.18. The monoisotopic (exact) mass is 429 g/mol.